The number of hydrogen-bond acceptors (Lipinski definition) is 5. The minimum absolute atomic E-state index is 0.0914. The van der Waals surface area contributed by atoms with Crippen molar-refractivity contribution in [2.75, 3.05) is 0 Å². The number of non-ortho nitro benzene ring substituents is 1. The fourth-order valence-electron chi connectivity index (χ4n) is 2.14. The molecule has 0 aromatic heterocycles. The third-order valence-electron chi connectivity index (χ3n) is 3.62. The Labute approximate surface area is 172 Å². The molecule has 0 unspecified atom stereocenters. The fraction of sp³-hybridized carbons (Fsp3) is 0.529. The Kier molecular flexibility index (Phi) is 10.2. The topological polar surface area (TPSA) is 86.5 Å². The number of nitro benzene ring substituents is 1. The highest BCUT2D eigenvalue weighted by atomic mass is 127. The first-order valence-electron chi connectivity index (χ1n) is 8.64. The van der Waals surface area contributed by atoms with Crippen molar-refractivity contribution in [3.63, 3.8) is 0 Å². The number of unbranched alkanes of at least 4 members (excludes halogenated alkanes) is 5. The second-order valence-corrected chi connectivity index (χ2v) is 9.95. The predicted molar refractivity (Wildman–Crippen MR) is 93.9 cm³/mol. The average Bonchev–Trinajstić information content (AvgIpc) is 2.61. The molecule has 0 spiro atoms. The van der Waals surface area contributed by atoms with Gasteiger partial charge in [-0.25, -0.2) is 0 Å². The Balaban J connectivity index is 2.80. The minimum atomic E-state index is -5.71. The second-order valence-electron chi connectivity index (χ2n) is 5.92. The molecule has 0 aliphatic carbocycles. The van der Waals surface area contributed by atoms with E-state index in [2.05, 4.69) is 11.1 Å². The molecule has 6 nitrogen and oxygen atoms in total. The van der Waals surface area contributed by atoms with Gasteiger partial charge < -0.3 is 4.18 Å². The summed E-state index contributed by atoms with van der Waals surface area (Å²) in [6.45, 7) is 2.07. The normalized spacial score (nSPS) is 12.8. The first-order valence-corrected chi connectivity index (χ1v) is 12.4. The monoisotopic (exact) mass is 536 g/mol. The number of rotatable bonds is 12. The molecular formula is C17H22F3INO5S+. The van der Waals surface area contributed by atoms with Crippen LogP contribution in [0.5, 0.6) is 0 Å². The van der Waals surface area contributed by atoms with Crippen LogP contribution in [0.15, 0.2) is 34.1 Å². The van der Waals surface area contributed by atoms with E-state index in [1.807, 2.05) is 0 Å². The maximum Gasteiger partial charge on any atom is 0.534 e. The maximum atomic E-state index is 12.6. The van der Waals surface area contributed by atoms with E-state index >= 15 is 0 Å². The van der Waals surface area contributed by atoms with Crippen molar-refractivity contribution < 1.29 is 51.9 Å². The smallest absolute Gasteiger partial charge is 0.376 e. The van der Waals surface area contributed by atoms with Crippen molar-refractivity contribution in [1.29, 1.82) is 0 Å². The standard InChI is InChI=1S/C17H22F3INO5S/c1-2-3-4-5-6-7-8-16(27-28(25,26)17(18,19)20)13-21-14-9-11-15(12-10-14)22(23)24/h9-13H,2-8H2,1H3/q+1/b16-13+. The van der Waals surface area contributed by atoms with E-state index < -0.39 is 41.8 Å². The molecule has 11 heteroatoms. The van der Waals surface area contributed by atoms with E-state index in [1.54, 1.807) is 0 Å². The molecular weight excluding hydrogens is 514 g/mol. The fourth-order valence-corrected chi connectivity index (χ4v) is 4.74. The van der Waals surface area contributed by atoms with E-state index in [0.29, 0.717) is 9.99 Å². The molecule has 0 radical (unpaired) electrons. The van der Waals surface area contributed by atoms with Gasteiger partial charge in [-0.2, -0.15) is 21.6 Å². The van der Waals surface area contributed by atoms with Crippen LogP contribution in [0.3, 0.4) is 0 Å². The van der Waals surface area contributed by atoms with Crippen LogP contribution < -0.4 is 21.2 Å². The summed E-state index contributed by atoms with van der Waals surface area (Å²) >= 11 is -1.01. The zero-order chi connectivity index (χ0) is 21.2. The first-order chi connectivity index (χ1) is 13.1. The van der Waals surface area contributed by atoms with Gasteiger partial charge in [0, 0.05) is 18.6 Å². The Bertz CT molecular complexity index is 764. The highest BCUT2D eigenvalue weighted by molar-refractivity contribution is 7.87. The van der Waals surface area contributed by atoms with Crippen molar-refractivity contribution >= 4 is 15.8 Å². The molecule has 0 amide bonds. The molecule has 0 aliphatic rings. The largest absolute Gasteiger partial charge is 0.534 e. The number of hydrogen-bond donors (Lipinski definition) is 0. The van der Waals surface area contributed by atoms with Crippen LogP contribution in [0, 0.1) is 13.7 Å². The molecule has 158 valence electrons. The molecule has 1 aromatic carbocycles. The van der Waals surface area contributed by atoms with Gasteiger partial charge in [-0.1, -0.05) is 39.0 Å². The van der Waals surface area contributed by atoms with Crippen molar-refractivity contribution in [3.8, 4) is 0 Å². The summed E-state index contributed by atoms with van der Waals surface area (Å²) in [7, 11) is -5.71. The van der Waals surface area contributed by atoms with Gasteiger partial charge in [0.25, 0.3) is 5.69 Å². The van der Waals surface area contributed by atoms with Crippen LogP contribution >= 0.6 is 0 Å². The van der Waals surface area contributed by atoms with Crippen LogP contribution in [0.25, 0.3) is 0 Å². The number of nitro groups is 1. The SMILES string of the molecule is CCCCCCCC/C(=C\[I+]c1ccc([N+](=O)[O-])cc1)OS(=O)(=O)C(F)(F)F. The summed E-state index contributed by atoms with van der Waals surface area (Å²) in [6, 6.07) is 5.60. The molecule has 1 rings (SSSR count). The average molecular weight is 536 g/mol. The summed E-state index contributed by atoms with van der Waals surface area (Å²) in [5.41, 5.74) is -5.58. The van der Waals surface area contributed by atoms with Gasteiger partial charge in [-0.15, -0.1) is 0 Å². The van der Waals surface area contributed by atoms with Crippen LogP contribution in [0.2, 0.25) is 0 Å². The van der Waals surface area contributed by atoms with Crippen molar-refractivity contribution in [2.24, 2.45) is 0 Å². The number of allylic oxidation sites excluding steroid dienone is 1. The van der Waals surface area contributed by atoms with Gasteiger partial charge in [-0.3, -0.25) is 10.1 Å². The Hall–Kier alpha value is -1.37. The van der Waals surface area contributed by atoms with Gasteiger partial charge in [0.15, 0.2) is 13.4 Å². The molecule has 0 atom stereocenters. The number of nitrogens with zero attached hydrogens (tertiary/aromatic N) is 1. The lowest BCUT2D eigenvalue weighted by Crippen LogP contribution is -3.59. The zero-order valence-corrected chi connectivity index (χ0v) is 18.2. The molecule has 28 heavy (non-hydrogen) atoms. The lowest BCUT2D eigenvalue weighted by molar-refractivity contribution is -0.558. The summed E-state index contributed by atoms with van der Waals surface area (Å²) in [6.07, 6.45) is 5.46. The van der Waals surface area contributed by atoms with E-state index in [1.165, 1.54) is 28.3 Å². The third-order valence-corrected chi connectivity index (χ3v) is 7.06. The minimum Gasteiger partial charge on any atom is -0.376 e. The molecule has 0 bridgehead atoms. The predicted octanol–water partition coefficient (Wildman–Crippen LogP) is 2.31. The summed E-state index contributed by atoms with van der Waals surface area (Å²) in [5, 5.41) is 10.7. The molecule has 1 aromatic rings. The number of benzene rings is 1. The number of halogens is 4. The summed E-state index contributed by atoms with van der Waals surface area (Å²) < 4.78 is 66.9. The van der Waals surface area contributed by atoms with Gasteiger partial charge in [0.2, 0.25) is 0 Å². The Morgan fingerprint density at radius 1 is 1.14 bits per heavy atom. The van der Waals surface area contributed by atoms with E-state index in [0.717, 1.165) is 32.1 Å². The third kappa shape index (κ3) is 8.76. The quantitative estimate of drug-likeness (QED) is 0.0779. The summed E-state index contributed by atoms with van der Waals surface area (Å²) in [5.74, 6) is -0.223. The Morgan fingerprint density at radius 2 is 1.71 bits per heavy atom. The Morgan fingerprint density at radius 3 is 2.25 bits per heavy atom. The van der Waals surface area contributed by atoms with Crippen LogP contribution in [-0.4, -0.2) is 18.8 Å². The van der Waals surface area contributed by atoms with Crippen LogP contribution in [-0.2, 0) is 14.3 Å². The molecule has 0 saturated carbocycles. The van der Waals surface area contributed by atoms with Crippen LogP contribution in [0.1, 0.15) is 51.9 Å². The maximum absolute atomic E-state index is 12.6. The molecule has 0 fully saturated rings. The zero-order valence-electron chi connectivity index (χ0n) is 15.2. The van der Waals surface area contributed by atoms with Crippen molar-refractivity contribution in [3.05, 3.63) is 47.8 Å². The molecule has 0 heterocycles. The lowest BCUT2D eigenvalue weighted by Gasteiger charge is -2.10. The van der Waals surface area contributed by atoms with Gasteiger partial charge in [0.1, 0.15) is 0 Å². The van der Waals surface area contributed by atoms with Crippen molar-refractivity contribution in [2.45, 2.75) is 57.4 Å². The van der Waals surface area contributed by atoms with Gasteiger partial charge in [-0.05, 0) is 18.6 Å². The van der Waals surface area contributed by atoms with Gasteiger partial charge in [0.05, 0.1) is 4.92 Å². The van der Waals surface area contributed by atoms with Gasteiger partial charge >= 0.3 is 36.8 Å². The van der Waals surface area contributed by atoms with Crippen molar-refractivity contribution in [1.82, 2.24) is 0 Å². The lowest BCUT2D eigenvalue weighted by atomic mass is 10.1. The van der Waals surface area contributed by atoms with E-state index in [4.69, 9.17) is 0 Å². The second kappa shape index (κ2) is 11.6. The molecule has 0 aliphatic heterocycles. The number of alkyl halides is 3. The van der Waals surface area contributed by atoms with Crippen LogP contribution in [0.4, 0.5) is 18.9 Å². The van der Waals surface area contributed by atoms with E-state index in [-0.39, 0.29) is 17.9 Å². The van der Waals surface area contributed by atoms with E-state index in [9.17, 15) is 31.7 Å². The summed E-state index contributed by atoms with van der Waals surface area (Å²) in [4.78, 5) is 10.1. The highest BCUT2D eigenvalue weighted by Gasteiger charge is 2.49. The molecule has 0 saturated heterocycles. The first kappa shape index (κ1) is 24.7. The molecule has 0 N–H and O–H groups in total. The highest BCUT2D eigenvalue weighted by Crippen LogP contribution is 2.27.